The zero-order valence-corrected chi connectivity index (χ0v) is 9.77. The van der Waals surface area contributed by atoms with Gasteiger partial charge in [-0.3, -0.25) is 0 Å². The van der Waals surface area contributed by atoms with Crippen LogP contribution in [0, 0.1) is 23.1 Å². The molecule has 1 rings (SSSR count). The van der Waals surface area contributed by atoms with Gasteiger partial charge in [0.25, 0.3) is 0 Å². The molecule has 0 radical (unpaired) electrons. The summed E-state index contributed by atoms with van der Waals surface area (Å²) in [5.41, 5.74) is 0.133. The van der Waals surface area contributed by atoms with E-state index in [2.05, 4.69) is 5.32 Å². The van der Waals surface area contributed by atoms with Gasteiger partial charge in [-0.15, -0.1) is 0 Å². The second-order valence-electron chi connectivity index (χ2n) is 3.82. The predicted octanol–water partition coefficient (Wildman–Crippen LogP) is 2.45. The molecule has 17 heavy (non-hydrogen) atoms. The van der Waals surface area contributed by atoms with Gasteiger partial charge in [0, 0.05) is 13.6 Å². The summed E-state index contributed by atoms with van der Waals surface area (Å²) in [5.74, 6) is -0.742. The Balaban J connectivity index is 2.61. The maximum Gasteiger partial charge on any atom is 0.321 e. The van der Waals surface area contributed by atoms with Crippen molar-refractivity contribution in [1.82, 2.24) is 4.90 Å². The van der Waals surface area contributed by atoms with Gasteiger partial charge in [-0.2, -0.15) is 5.26 Å². The molecule has 1 N–H and O–H groups in total. The average Bonchev–Trinajstić information content (AvgIpc) is 2.31. The highest BCUT2D eigenvalue weighted by molar-refractivity contribution is 5.89. The van der Waals surface area contributed by atoms with Crippen LogP contribution in [-0.2, 0) is 0 Å². The van der Waals surface area contributed by atoms with Gasteiger partial charge < -0.3 is 10.2 Å². The maximum absolute atomic E-state index is 13.3. The highest BCUT2D eigenvalue weighted by Crippen LogP contribution is 2.13. The van der Waals surface area contributed by atoms with E-state index >= 15 is 0 Å². The van der Waals surface area contributed by atoms with Crippen molar-refractivity contribution in [3.63, 3.8) is 0 Å². The normalized spacial score (nSPS) is 11.4. The quantitative estimate of drug-likeness (QED) is 0.874. The minimum absolute atomic E-state index is 0.133. The summed E-state index contributed by atoms with van der Waals surface area (Å²) in [4.78, 5) is 13.0. The van der Waals surface area contributed by atoms with E-state index in [4.69, 9.17) is 5.26 Å². The molecule has 0 aliphatic rings. The number of nitrogens with one attached hydrogen (secondary N) is 1. The van der Waals surface area contributed by atoms with Crippen molar-refractivity contribution in [2.45, 2.75) is 6.92 Å². The first-order chi connectivity index (χ1) is 8.04. The lowest BCUT2D eigenvalue weighted by atomic mass is 10.2. The lowest BCUT2D eigenvalue weighted by Crippen LogP contribution is -2.34. The van der Waals surface area contributed by atoms with E-state index in [1.54, 1.807) is 26.1 Å². The fraction of sp³-hybridized carbons (Fsp3) is 0.333. The number of carbonyl (C=O) groups excluding carboxylic acids is 1. The van der Waals surface area contributed by atoms with E-state index in [0.29, 0.717) is 6.54 Å². The van der Waals surface area contributed by atoms with Crippen LogP contribution < -0.4 is 5.32 Å². The van der Waals surface area contributed by atoms with E-state index in [0.717, 1.165) is 0 Å². The second-order valence-corrected chi connectivity index (χ2v) is 3.82. The molecule has 5 heteroatoms. The zero-order chi connectivity index (χ0) is 12.8. The van der Waals surface area contributed by atoms with Crippen LogP contribution in [0.3, 0.4) is 0 Å². The van der Waals surface area contributed by atoms with Gasteiger partial charge in [0.1, 0.15) is 5.82 Å². The first-order valence-corrected chi connectivity index (χ1v) is 5.21. The molecule has 0 fully saturated rings. The SMILES string of the molecule is CC(C#N)CN(C)C(=O)Nc1ccccc1F. The van der Waals surface area contributed by atoms with Crippen molar-refractivity contribution in [3.05, 3.63) is 30.1 Å². The minimum Gasteiger partial charge on any atom is -0.326 e. The minimum atomic E-state index is -0.484. The van der Waals surface area contributed by atoms with Crippen molar-refractivity contribution in [2.24, 2.45) is 5.92 Å². The van der Waals surface area contributed by atoms with Crippen LogP contribution in [0.4, 0.5) is 14.9 Å². The molecule has 1 aromatic carbocycles. The fourth-order valence-corrected chi connectivity index (χ4v) is 1.31. The summed E-state index contributed by atoms with van der Waals surface area (Å²) in [7, 11) is 1.56. The number of hydrogen-bond donors (Lipinski definition) is 1. The van der Waals surface area contributed by atoms with E-state index in [1.165, 1.54) is 17.0 Å². The first kappa shape index (κ1) is 13.0. The van der Waals surface area contributed by atoms with Crippen molar-refractivity contribution in [2.75, 3.05) is 18.9 Å². The Morgan fingerprint density at radius 3 is 2.82 bits per heavy atom. The maximum atomic E-state index is 13.3. The fourth-order valence-electron chi connectivity index (χ4n) is 1.31. The molecule has 1 atom stereocenters. The molecule has 1 aromatic rings. The molecule has 0 bridgehead atoms. The van der Waals surface area contributed by atoms with E-state index in [-0.39, 0.29) is 11.6 Å². The summed E-state index contributed by atoms with van der Waals surface area (Å²) < 4.78 is 13.3. The third-order valence-corrected chi connectivity index (χ3v) is 2.23. The van der Waals surface area contributed by atoms with Gasteiger partial charge in [-0.1, -0.05) is 12.1 Å². The van der Waals surface area contributed by atoms with E-state index < -0.39 is 11.8 Å². The van der Waals surface area contributed by atoms with Crippen LogP contribution in [0.1, 0.15) is 6.92 Å². The van der Waals surface area contributed by atoms with Gasteiger partial charge in [0.15, 0.2) is 0 Å². The number of para-hydroxylation sites is 1. The number of nitrogens with zero attached hydrogens (tertiary/aromatic N) is 2. The molecule has 90 valence electrons. The lowest BCUT2D eigenvalue weighted by Gasteiger charge is -2.19. The molecule has 1 unspecified atom stereocenters. The predicted molar refractivity (Wildman–Crippen MR) is 62.8 cm³/mol. The second kappa shape index (κ2) is 5.85. The number of benzene rings is 1. The molecule has 0 saturated carbocycles. The van der Waals surface area contributed by atoms with Crippen LogP contribution >= 0.6 is 0 Å². The Kier molecular flexibility index (Phi) is 4.46. The Labute approximate surface area is 99.7 Å². The van der Waals surface area contributed by atoms with Crippen molar-refractivity contribution in [3.8, 4) is 6.07 Å². The Morgan fingerprint density at radius 2 is 2.24 bits per heavy atom. The van der Waals surface area contributed by atoms with Crippen LogP contribution in [0.5, 0.6) is 0 Å². The smallest absolute Gasteiger partial charge is 0.321 e. The molecule has 0 saturated heterocycles. The number of anilines is 1. The van der Waals surface area contributed by atoms with Gasteiger partial charge in [0.2, 0.25) is 0 Å². The number of carbonyl (C=O) groups is 1. The zero-order valence-electron chi connectivity index (χ0n) is 9.77. The van der Waals surface area contributed by atoms with Crippen LogP contribution in [0.15, 0.2) is 24.3 Å². The summed E-state index contributed by atoms with van der Waals surface area (Å²) in [6.07, 6.45) is 0. The monoisotopic (exact) mass is 235 g/mol. The molecular formula is C12H14FN3O. The molecule has 0 aliphatic carbocycles. The van der Waals surface area contributed by atoms with E-state index in [1.807, 2.05) is 6.07 Å². The van der Waals surface area contributed by atoms with Crippen molar-refractivity contribution < 1.29 is 9.18 Å². The lowest BCUT2D eigenvalue weighted by molar-refractivity contribution is 0.219. The van der Waals surface area contributed by atoms with Crippen LogP contribution in [-0.4, -0.2) is 24.5 Å². The Morgan fingerprint density at radius 1 is 1.59 bits per heavy atom. The molecule has 0 heterocycles. The molecule has 0 aromatic heterocycles. The standard InChI is InChI=1S/C12H14FN3O/c1-9(7-14)8-16(2)12(17)15-11-6-4-3-5-10(11)13/h3-6,9H,8H2,1-2H3,(H,15,17). The average molecular weight is 235 g/mol. The highest BCUT2D eigenvalue weighted by atomic mass is 19.1. The van der Waals surface area contributed by atoms with Gasteiger partial charge in [0.05, 0.1) is 17.7 Å². The summed E-state index contributed by atoms with van der Waals surface area (Å²) >= 11 is 0. The summed E-state index contributed by atoms with van der Waals surface area (Å²) in [5, 5.41) is 11.1. The molecule has 2 amide bonds. The topological polar surface area (TPSA) is 56.1 Å². The Bertz CT molecular complexity index is 442. The van der Waals surface area contributed by atoms with Crippen LogP contribution in [0.25, 0.3) is 0 Å². The number of nitriles is 1. The first-order valence-electron chi connectivity index (χ1n) is 5.21. The van der Waals surface area contributed by atoms with Gasteiger partial charge in [-0.05, 0) is 19.1 Å². The van der Waals surface area contributed by atoms with Crippen molar-refractivity contribution in [1.29, 1.82) is 5.26 Å². The number of rotatable bonds is 3. The number of hydrogen-bond acceptors (Lipinski definition) is 2. The summed E-state index contributed by atoms with van der Waals surface area (Å²) in [6.45, 7) is 2.02. The number of urea groups is 1. The third-order valence-electron chi connectivity index (χ3n) is 2.23. The number of halogens is 1. The third kappa shape index (κ3) is 3.76. The molecule has 4 nitrogen and oxygen atoms in total. The van der Waals surface area contributed by atoms with Crippen molar-refractivity contribution >= 4 is 11.7 Å². The molecular weight excluding hydrogens is 221 g/mol. The molecule has 0 spiro atoms. The Hall–Kier alpha value is -2.09. The summed E-state index contributed by atoms with van der Waals surface area (Å²) in [6, 6.07) is 7.53. The number of amides is 2. The highest BCUT2D eigenvalue weighted by Gasteiger charge is 2.13. The van der Waals surface area contributed by atoms with Gasteiger partial charge in [-0.25, -0.2) is 9.18 Å². The van der Waals surface area contributed by atoms with E-state index in [9.17, 15) is 9.18 Å². The van der Waals surface area contributed by atoms with Gasteiger partial charge >= 0.3 is 6.03 Å². The largest absolute Gasteiger partial charge is 0.326 e. The molecule has 0 aliphatic heterocycles. The van der Waals surface area contributed by atoms with Crippen LogP contribution in [0.2, 0.25) is 0 Å².